The van der Waals surface area contributed by atoms with Gasteiger partial charge in [0.1, 0.15) is 0 Å². The summed E-state index contributed by atoms with van der Waals surface area (Å²) in [5, 5.41) is 7.03. The number of benzene rings is 1. The van der Waals surface area contributed by atoms with E-state index in [0.29, 0.717) is 16.3 Å². The van der Waals surface area contributed by atoms with Gasteiger partial charge in [-0.2, -0.15) is 0 Å². The van der Waals surface area contributed by atoms with E-state index < -0.39 is 5.91 Å². The molecule has 1 heterocycles. The number of halogens is 1. The van der Waals surface area contributed by atoms with E-state index in [1.807, 2.05) is 12.1 Å². The van der Waals surface area contributed by atoms with Crippen molar-refractivity contribution in [2.24, 2.45) is 5.73 Å². The van der Waals surface area contributed by atoms with Gasteiger partial charge in [-0.3, -0.25) is 4.79 Å². The van der Waals surface area contributed by atoms with E-state index in [2.05, 4.69) is 17.6 Å². The summed E-state index contributed by atoms with van der Waals surface area (Å²) in [4.78, 5) is 11.4. The Hall–Kier alpha value is -1.26. The Morgan fingerprint density at radius 3 is 2.94 bits per heavy atom. The number of carbonyl (C=O) groups is 1. The molecule has 5 heteroatoms. The molecule has 1 amide bonds. The zero-order valence-electron chi connectivity index (χ0n) is 9.72. The zero-order valence-corrected chi connectivity index (χ0v) is 10.5. The largest absolute Gasteiger partial charge is 0.378 e. The summed E-state index contributed by atoms with van der Waals surface area (Å²) in [5.41, 5.74) is 6.36. The zero-order chi connectivity index (χ0) is 12.5. The average molecular weight is 254 g/mol. The van der Waals surface area contributed by atoms with Crippen molar-refractivity contribution < 1.29 is 4.79 Å². The highest BCUT2D eigenvalue weighted by molar-refractivity contribution is 6.34. The fraction of sp³-hybridized carbons (Fsp3) is 0.417. The summed E-state index contributed by atoms with van der Waals surface area (Å²) in [6.45, 7) is 3.94. The lowest BCUT2D eigenvalue weighted by Crippen LogP contribution is -2.37. The molecule has 4 N–H and O–H groups in total. The second kappa shape index (κ2) is 4.55. The maximum Gasteiger partial charge on any atom is 0.252 e. The van der Waals surface area contributed by atoms with Gasteiger partial charge in [0, 0.05) is 17.8 Å². The molecular weight excluding hydrogens is 238 g/mol. The maximum atomic E-state index is 11.4. The Morgan fingerprint density at radius 2 is 2.35 bits per heavy atom. The van der Waals surface area contributed by atoms with Crippen LogP contribution in [-0.4, -0.2) is 24.5 Å². The minimum absolute atomic E-state index is 0.0606. The minimum atomic E-state index is -0.507. The van der Waals surface area contributed by atoms with Gasteiger partial charge in [0.05, 0.1) is 10.6 Å². The molecule has 0 aliphatic carbocycles. The molecule has 1 atom stereocenters. The smallest absolute Gasteiger partial charge is 0.252 e. The molecule has 17 heavy (non-hydrogen) atoms. The van der Waals surface area contributed by atoms with Crippen LogP contribution in [0.25, 0.3) is 0 Å². The third-order valence-electron chi connectivity index (χ3n) is 3.07. The fourth-order valence-electron chi connectivity index (χ4n) is 2.13. The van der Waals surface area contributed by atoms with Gasteiger partial charge < -0.3 is 16.4 Å². The first-order chi connectivity index (χ1) is 8.02. The minimum Gasteiger partial charge on any atom is -0.378 e. The Morgan fingerprint density at radius 1 is 1.59 bits per heavy atom. The van der Waals surface area contributed by atoms with Gasteiger partial charge in [0.25, 0.3) is 5.91 Å². The highest BCUT2D eigenvalue weighted by atomic mass is 35.5. The van der Waals surface area contributed by atoms with Gasteiger partial charge in [0.2, 0.25) is 0 Å². The normalized spacial score (nSPS) is 23.6. The first-order valence-electron chi connectivity index (χ1n) is 5.59. The lowest BCUT2D eigenvalue weighted by Gasteiger charge is -2.27. The van der Waals surface area contributed by atoms with Crippen LogP contribution in [0.4, 0.5) is 5.69 Å². The number of rotatable bonds is 3. The van der Waals surface area contributed by atoms with Gasteiger partial charge in [-0.15, -0.1) is 0 Å². The van der Waals surface area contributed by atoms with E-state index >= 15 is 0 Å². The van der Waals surface area contributed by atoms with Crippen LogP contribution in [0.1, 0.15) is 23.7 Å². The van der Waals surface area contributed by atoms with Crippen molar-refractivity contribution in [3.8, 4) is 0 Å². The van der Waals surface area contributed by atoms with Gasteiger partial charge >= 0.3 is 0 Å². The summed E-state index contributed by atoms with van der Waals surface area (Å²) in [6, 6.07) is 5.31. The van der Waals surface area contributed by atoms with E-state index in [4.69, 9.17) is 17.3 Å². The molecule has 1 fully saturated rings. The Kier molecular flexibility index (Phi) is 3.26. The summed E-state index contributed by atoms with van der Waals surface area (Å²) in [6.07, 6.45) is 0.998. The standard InChI is InChI=1S/C12H16ClN3O/c1-12(5-6-15-7-12)16-9-4-2-3-8(13)10(9)11(14)17/h2-4,15-16H,5-7H2,1H3,(H2,14,17). The van der Waals surface area contributed by atoms with Gasteiger partial charge in [-0.25, -0.2) is 0 Å². The number of nitrogens with two attached hydrogens (primary N) is 1. The second-order valence-electron chi connectivity index (χ2n) is 4.64. The van der Waals surface area contributed by atoms with Crippen molar-refractivity contribution in [3.05, 3.63) is 28.8 Å². The number of carbonyl (C=O) groups excluding carboxylic acids is 1. The molecule has 0 radical (unpaired) electrons. The predicted molar refractivity (Wildman–Crippen MR) is 69.5 cm³/mol. The van der Waals surface area contributed by atoms with E-state index in [9.17, 15) is 4.79 Å². The third kappa shape index (κ3) is 2.53. The number of hydrogen-bond acceptors (Lipinski definition) is 3. The maximum absolute atomic E-state index is 11.4. The van der Waals surface area contributed by atoms with Crippen LogP contribution in [0.15, 0.2) is 18.2 Å². The number of amides is 1. The molecule has 2 rings (SSSR count). The molecule has 4 nitrogen and oxygen atoms in total. The van der Waals surface area contributed by atoms with Crippen molar-refractivity contribution in [2.75, 3.05) is 18.4 Å². The SMILES string of the molecule is CC1(Nc2cccc(Cl)c2C(N)=O)CCNC1. The van der Waals surface area contributed by atoms with Crippen LogP contribution in [0.2, 0.25) is 5.02 Å². The van der Waals surface area contributed by atoms with Gasteiger partial charge in [0.15, 0.2) is 0 Å². The molecule has 1 saturated heterocycles. The van der Waals surface area contributed by atoms with Crippen LogP contribution in [0.3, 0.4) is 0 Å². The van der Waals surface area contributed by atoms with Crippen LogP contribution in [-0.2, 0) is 0 Å². The van der Waals surface area contributed by atoms with Crippen LogP contribution >= 0.6 is 11.6 Å². The van der Waals surface area contributed by atoms with Crippen molar-refractivity contribution in [1.82, 2.24) is 5.32 Å². The highest BCUT2D eigenvalue weighted by Gasteiger charge is 2.29. The summed E-state index contributed by atoms with van der Waals surface area (Å²) in [5.74, 6) is -0.507. The lowest BCUT2D eigenvalue weighted by molar-refractivity contribution is 0.100. The van der Waals surface area contributed by atoms with Gasteiger partial charge in [-0.05, 0) is 32.0 Å². The molecule has 1 unspecified atom stereocenters. The topological polar surface area (TPSA) is 67.1 Å². The molecule has 92 valence electrons. The highest BCUT2D eigenvalue weighted by Crippen LogP contribution is 2.28. The van der Waals surface area contributed by atoms with E-state index in [0.717, 1.165) is 19.5 Å². The van der Waals surface area contributed by atoms with Crippen LogP contribution in [0, 0.1) is 0 Å². The molecule has 0 aromatic heterocycles. The molecular formula is C12H16ClN3O. The number of nitrogens with one attached hydrogen (secondary N) is 2. The van der Waals surface area contributed by atoms with Crippen LogP contribution < -0.4 is 16.4 Å². The fourth-order valence-corrected chi connectivity index (χ4v) is 2.40. The molecule has 1 aromatic carbocycles. The first-order valence-corrected chi connectivity index (χ1v) is 5.97. The molecule has 0 saturated carbocycles. The van der Waals surface area contributed by atoms with E-state index in [1.165, 1.54) is 0 Å². The summed E-state index contributed by atoms with van der Waals surface area (Å²) >= 11 is 6.00. The summed E-state index contributed by atoms with van der Waals surface area (Å²) < 4.78 is 0. The van der Waals surface area contributed by atoms with Crippen molar-refractivity contribution in [2.45, 2.75) is 18.9 Å². The number of anilines is 1. The lowest BCUT2D eigenvalue weighted by atomic mass is 10.00. The molecule has 0 spiro atoms. The Balaban J connectivity index is 2.32. The van der Waals surface area contributed by atoms with Crippen molar-refractivity contribution in [1.29, 1.82) is 0 Å². The molecule has 1 aliphatic rings. The predicted octanol–water partition coefficient (Wildman–Crippen LogP) is 1.60. The average Bonchev–Trinajstić information content (AvgIpc) is 2.64. The number of primary amides is 1. The molecule has 0 bridgehead atoms. The Bertz CT molecular complexity index is 441. The van der Waals surface area contributed by atoms with E-state index in [-0.39, 0.29) is 5.54 Å². The number of hydrogen-bond donors (Lipinski definition) is 3. The summed E-state index contributed by atoms with van der Waals surface area (Å²) in [7, 11) is 0. The van der Waals surface area contributed by atoms with Gasteiger partial charge in [-0.1, -0.05) is 17.7 Å². The first kappa shape index (κ1) is 12.2. The second-order valence-corrected chi connectivity index (χ2v) is 5.05. The molecule has 1 aliphatic heterocycles. The van der Waals surface area contributed by atoms with Crippen molar-refractivity contribution in [3.63, 3.8) is 0 Å². The quantitative estimate of drug-likeness (QED) is 0.767. The van der Waals surface area contributed by atoms with E-state index in [1.54, 1.807) is 6.07 Å². The Labute approximate surface area is 106 Å². The molecule has 1 aromatic rings. The van der Waals surface area contributed by atoms with Crippen molar-refractivity contribution >= 4 is 23.2 Å². The third-order valence-corrected chi connectivity index (χ3v) is 3.38. The monoisotopic (exact) mass is 253 g/mol. The van der Waals surface area contributed by atoms with Crippen LogP contribution in [0.5, 0.6) is 0 Å².